The van der Waals surface area contributed by atoms with Crippen molar-refractivity contribution in [3.05, 3.63) is 35.7 Å². The van der Waals surface area contributed by atoms with Crippen molar-refractivity contribution in [1.29, 1.82) is 0 Å². The van der Waals surface area contributed by atoms with Crippen LogP contribution >= 0.6 is 11.8 Å². The van der Waals surface area contributed by atoms with Crippen LogP contribution in [0.25, 0.3) is 0 Å². The van der Waals surface area contributed by atoms with Crippen molar-refractivity contribution in [3.63, 3.8) is 0 Å². The maximum Gasteiger partial charge on any atom is 0.233 e. The maximum atomic E-state index is 12.6. The predicted molar refractivity (Wildman–Crippen MR) is 102 cm³/mol. The Morgan fingerprint density at radius 1 is 1.15 bits per heavy atom. The molecule has 1 amide bonds. The van der Waals surface area contributed by atoms with Crippen LogP contribution in [0.1, 0.15) is 25.2 Å². The Kier molecular flexibility index (Phi) is 6.82. The molecule has 26 heavy (non-hydrogen) atoms. The minimum atomic E-state index is -3.50. The fraction of sp³-hybridized carbons (Fsp3) is 0.471. The molecule has 7 nitrogen and oxygen atoms in total. The second kappa shape index (κ2) is 8.68. The zero-order valence-electron chi connectivity index (χ0n) is 15.5. The minimum Gasteiger partial charge on any atom is -0.343 e. The Labute approximate surface area is 158 Å². The molecule has 0 N–H and O–H groups in total. The molecular weight excluding hydrogens is 372 g/mol. The molecule has 0 aliphatic carbocycles. The lowest BCUT2D eigenvalue weighted by atomic mass is 10.2. The summed E-state index contributed by atoms with van der Waals surface area (Å²) in [5.74, 6) is 0.392. The average Bonchev–Trinajstić information content (AvgIpc) is 2.94. The van der Waals surface area contributed by atoms with Crippen LogP contribution in [0, 0.1) is 6.92 Å². The molecular formula is C17H24N4O3S2. The van der Waals surface area contributed by atoms with Gasteiger partial charge in [-0.1, -0.05) is 29.5 Å². The van der Waals surface area contributed by atoms with Crippen LogP contribution in [-0.4, -0.2) is 52.8 Å². The molecule has 0 saturated heterocycles. The normalized spacial score (nSPS) is 11.5. The van der Waals surface area contributed by atoms with Gasteiger partial charge in [0.25, 0.3) is 0 Å². The summed E-state index contributed by atoms with van der Waals surface area (Å²) >= 11 is 1.26. The molecule has 0 aliphatic heterocycles. The zero-order chi connectivity index (χ0) is 19.3. The highest BCUT2D eigenvalue weighted by atomic mass is 32.2. The lowest BCUT2D eigenvalue weighted by Gasteiger charge is -2.17. The van der Waals surface area contributed by atoms with Crippen LogP contribution in [0.4, 0.5) is 0 Å². The molecule has 0 radical (unpaired) electrons. The van der Waals surface area contributed by atoms with Gasteiger partial charge in [0, 0.05) is 20.1 Å². The Hall–Kier alpha value is -1.87. The third-order valence-electron chi connectivity index (χ3n) is 4.07. The van der Waals surface area contributed by atoms with Crippen molar-refractivity contribution in [2.75, 3.05) is 18.8 Å². The van der Waals surface area contributed by atoms with Crippen LogP contribution < -0.4 is 0 Å². The SMILES string of the molecule is CCN(CC)C(=O)CSc1nnc(CS(=O)(=O)c2ccc(C)cc2)n1C. The average molecular weight is 397 g/mol. The fourth-order valence-corrected chi connectivity index (χ4v) is 4.53. The third kappa shape index (κ3) is 4.85. The van der Waals surface area contributed by atoms with Crippen molar-refractivity contribution < 1.29 is 13.2 Å². The van der Waals surface area contributed by atoms with Gasteiger partial charge in [-0.25, -0.2) is 8.42 Å². The summed E-state index contributed by atoms with van der Waals surface area (Å²) in [5.41, 5.74) is 0.999. The number of amides is 1. The number of benzene rings is 1. The standard InChI is InChI=1S/C17H24N4O3S2/c1-5-21(6-2)16(22)11-25-17-19-18-15(20(17)4)12-26(23,24)14-9-7-13(3)8-10-14/h7-10H,5-6,11-12H2,1-4H3. The van der Waals surface area contributed by atoms with Gasteiger partial charge < -0.3 is 9.47 Å². The van der Waals surface area contributed by atoms with Gasteiger partial charge in [-0.05, 0) is 32.9 Å². The van der Waals surface area contributed by atoms with Gasteiger partial charge >= 0.3 is 0 Å². The molecule has 1 aromatic carbocycles. The Balaban J connectivity index is 2.09. The summed E-state index contributed by atoms with van der Waals surface area (Å²) in [4.78, 5) is 14.1. The largest absolute Gasteiger partial charge is 0.343 e. The summed E-state index contributed by atoms with van der Waals surface area (Å²) in [6.45, 7) is 7.09. The predicted octanol–water partition coefficient (Wildman–Crippen LogP) is 2.06. The van der Waals surface area contributed by atoms with Crippen molar-refractivity contribution >= 4 is 27.5 Å². The van der Waals surface area contributed by atoms with Crippen LogP contribution in [0.2, 0.25) is 0 Å². The lowest BCUT2D eigenvalue weighted by Crippen LogP contribution is -2.31. The van der Waals surface area contributed by atoms with E-state index in [2.05, 4.69) is 10.2 Å². The lowest BCUT2D eigenvalue weighted by molar-refractivity contribution is -0.127. The molecule has 1 aromatic heterocycles. The number of sulfone groups is 1. The van der Waals surface area contributed by atoms with E-state index in [0.29, 0.717) is 24.1 Å². The van der Waals surface area contributed by atoms with Crippen molar-refractivity contribution in [1.82, 2.24) is 19.7 Å². The number of aryl methyl sites for hydroxylation is 1. The number of hydrogen-bond donors (Lipinski definition) is 0. The van der Waals surface area contributed by atoms with Gasteiger partial charge in [0.1, 0.15) is 11.6 Å². The smallest absolute Gasteiger partial charge is 0.233 e. The van der Waals surface area contributed by atoms with E-state index in [-0.39, 0.29) is 22.3 Å². The Morgan fingerprint density at radius 3 is 2.35 bits per heavy atom. The van der Waals surface area contributed by atoms with Crippen LogP contribution in [-0.2, 0) is 27.4 Å². The van der Waals surface area contributed by atoms with E-state index in [9.17, 15) is 13.2 Å². The number of thioether (sulfide) groups is 1. The van der Waals surface area contributed by atoms with Gasteiger partial charge in [-0.15, -0.1) is 10.2 Å². The highest BCUT2D eigenvalue weighted by Crippen LogP contribution is 2.20. The van der Waals surface area contributed by atoms with E-state index in [1.54, 1.807) is 40.8 Å². The van der Waals surface area contributed by atoms with E-state index in [1.807, 2.05) is 20.8 Å². The molecule has 0 aliphatic rings. The minimum absolute atomic E-state index is 0.0248. The van der Waals surface area contributed by atoms with Crippen molar-refractivity contribution in [2.24, 2.45) is 7.05 Å². The van der Waals surface area contributed by atoms with E-state index in [0.717, 1.165) is 5.56 Å². The Bertz CT molecular complexity index is 857. The summed E-state index contributed by atoms with van der Waals surface area (Å²) in [6, 6.07) is 6.73. The van der Waals surface area contributed by atoms with E-state index in [1.165, 1.54) is 11.8 Å². The number of hydrogen-bond acceptors (Lipinski definition) is 6. The fourth-order valence-electron chi connectivity index (χ4n) is 2.39. The highest BCUT2D eigenvalue weighted by molar-refractivity contribution is 7.99. The first kappa shape index (κ1) is 20.4. The monoisotopic (exact) mass is 396 g/mol. The number of rotatable bonds is 8. The second-order valence-corrected chi connectivity index (χ2v) is 8.82. The first-order chi connectivity index (χ1) is 12.3. The molecule has 1 heterocycles. The van der Waals surface area contributed by atoms with E-state index < -0.39 is 9.84 Å². The molecule has 0 saturated carbocycles. The second-order valence-electron chi connectivity index (χ2n) is 5.88. The quantitative estimate of drug-likeness (QED) is 0.635. The van der Waals surface area contributed by atoms with E-state index >= 15 is 0 Å². The third-order valence-corrected chi connectivity index (χ3v) is 6.70. The van der Waals surface area contributed by atoms with Crippen LogP contribution in [0.3, 0.4) is 0 Å². The van der Waals surface area contributed by atoms with Crippen molar-refractivity contribution in [2.45, 2.75) is 36.6 Å². The van der Waals surface area contributed by atoms with Gasteiger partial charge in [-0.3, -0.25) is 4.79 Å². The van der Waals surface area contributed by atoms with Gasteiger partial charge in [-0.2, -0.15) is 0 Å². The topological polar surface area (TPSA) is 85.2 Å². The molecule has 2 rings (SSSR count). The molecule has 0 atom stereocenters. The summed E-state index contributed by atoms with van der Waals surface area (Å²) in [7, 11) is -1.79. The van der Waals surface area contributed by atoms with Crippen LogP contribution in [0.5, 0.6) is 0 Å². The van der Waals surface area contributed by atoms with Gasteiger partial charge in [0.15, 0.2) is 15.0 Å². The molecule has 0 fully saturated rings. The van der Waals surface area contributed by atoms with Crippen LogP contribution in [0.15, 0.2) is 34.3 Å². The number of carbonyl (C=O) groups is 1. The summed E-state index contributed by atoms with van der Waals surface area (Å²) in [5, 5.41) is 8.55. The first-order valence-electron chi connectivity index (χ1n) is 8.36. The number of aromatic nitrogens is 3. The summed E-state index contributed by atoms with van der Waals surface area (Å²) < 4.78 is 26.7. The first-order valence-corrected chi connectivity index (χ1v) is 11.0. The summed E-state index contributed by atoms with van der Waals surface area (Å²) in [6.07, 6.45) is 0. The molecule has 0 spiro atoms. The molecule has 0 unspecified atom stereocenters. The zero-order valence-corrected chi connectivity index (χ0v) is 17.1. The number of carbonyl (C=O) groups excluding carboxylic acids is 1. The van der Waals surface area contributed by atoms with Crippen molar-refractivity contribution in [3.8, 4) is 0 Å². The number of nitrogens with zero attached hydrogens (tertiary/aromatic N) is 4. The van der Waals surface area contributed by atoms with E-state index in [4.69, 9.17) is 0 Å². The molecule has 2 aromatic rings. The van der Waals surface area contributed by atoms with Gasteiger partial charge in [0.2, 0.25) is 5.91 Å². The molecule has 142 valence electrons. The van der Waals surface area contributed by atoms with Gasteiger partial charge in [0.05, 0.1) is 10.6 Å². The molecule has 0 bridgehead atoms. The maximum absolute atomic E-state index is 12.6. The Morgan fingerprint density at radius 2 is 1.77 bits per heavy atom. The molecule has 9 heteroatoms. The highest BCUT2D eigenvalue weighted by Gasteiger charge is 2.21.